The van der Waals surface area contributed by atoms with Gasteiger partial charge in [-0.05, 0) is 37.5 Å². The third-order valence-electron chi connectivity index (χ3n) is 4.19. The van der Waals surface area contributed by atoms with E-state index in [1.807, 2.05) is 24.1 Å². The van der Waals surface area contributed by atoms with Gasteiger partial charge in [-0.15, -0.1) is 24.0 Å². The van der Waals surface area contributed by atoms with Gasteiger partial charge in [0, 0.05) is 52.0 Å². The molecule has 2 N–H and O–H groups in total. The van der Waals surface area contributed by atoms with E-state index in [0.717, 1.165) is 43.2 Å². The number of rotatable bonds is 11. The lowest BCUT2D eigenvalue weighted by Crippen LogP contribution is -2.38. The normalized spacial score (nSPS) is 11.1. The molecule has 0 radical (unpaired) electrons. The van der Waals surface area contributed by atoms with Crippen molar-refractivity contribution in [1.82, 2.24) is 20.4 Å². The summed E-state index contributed by atoms with van der Waals surface area (Å²) in [6, 6.07) is 6.25. The molecule has 0 atom stereocenters. The lowest BCUT2D eigenvalue weighted by Gasteiger charge is -2.13. The van der Waals surface area contributed by atoms with Crippen molar-refractivity contribution in [2.45, 2.75) is 33.2 Å². The van der Waals surface area contributed by atoms with Crippen molar-refractivity contribution in [1.29, 1.82) is 0 Å². The molecule has 7 nitrogen and oxygen atoms in total. The van der Waals surface area contributed by atoms with Crippen molar-refractivity contribution < 1.29 is 9.47 Å². The number of nitrogens with zero attached hydrogens (tertiary/aromatic N) is 3. The van der Waals surface area contributed by atoms with E-state index in [9.17, 15) is 0 Å². The quantitative estimate of drug-likeness (QED) is 0.208. The second-order valence-corrected chi connectivity index (χ2v) is 6.70. The summed E-state index contributed by atoms with van der Waals surface area (Å²) in [5, 5.41) is 10.9. The summed E-state index contributed by atoms with van der Waals surface area (Å²) in [4.78, 5) is 4.72. The molecule has 162 valence electrons. The van der Waals surface area contributed by atoms with Crippen LogP contribution in [0.5, 0.6) is 5.75 Å². The van der Waals surface area contributed by atoms with Crippen LogP contribution in [0.25, 0.3) is 0 Å². The third-order valence-corrected chi connectivity index (χ3v) is 4.19. The van der Waals surface area contributed by atoms with Gasteiger partial charge in [0.1, 0.15) is 5.75 Å². The van der Waals surface area contributed by atoms with Gasteiger partial charge in [0.25, 0.3) is 0 Å². The van der Waals surface area contributed by atoms with E-state index in [0.29, 0.717) is 19.8 Å². The first-order valence-corrected chi connectivity index (χ1v) is 9.83. The SMILES string of the molecule is CCNC(=NCc1ccc(C)cc1OCCCOC)NCCc1cnn(C)c1.I. The highest BCUT2D eigenvalue weighted by atomic mass is 127. The molecule has 0 aliphatic heterocycles. The van der Waals surface area contributed by atoms with Crippen LogP contribution in [-0.2, 0) is 24.8 Å². The van der Waals surface area contributed by atoms with Gasteiger partial charge in [0.15, 0.2) is 5.96 Å². The fourth-order valence-electron chi connectivity index (χ4n) is 2.74. The van der Waals surface area contributed by atoms with E-state index in [2.05, 4.69) is 47.8 Å². The molecule has 2 aromatic rings. The lowest BCUT2D eigenvalue weighted by atomic mass is 10.1. The van der Waals surface area contributed by atoms with Crippen LogP contribution in [0.4, 0.5) is 0 Å². The number of guanidine groups is 1. The number of hydrogen-bond donors (Lipinski definition) is 2. The van der Waals surface area contributed by atoms with Crippen LogP contribution in [0.3, 0.4) is 0 Å². The van der Waals surface area contributed by atoms with Gasteiger partial charge in [0.2, 0.25) is 0 Å². The highest BCUT2D eigenvalue weighted by Gasteiger charge is 2.06. The fourth-order valence-corrected chi connectivity index (χ4v) is 2.74. The van der Waals surface area contributed by atoms with Crippen LogP contribution in [0.1, 0.15) is 30.0 Å². The average Bonchev–Trinajstić information content (AvgIpc) is 3.09. The van der Waals surface area contributed by atoms with Gasteiger partial charge < -0.3 is 20.1 Å². The summed E-state index contributed by atoms with van der Waals surface area (Å²) in [7, 11) is 3.63. The summed E-state index contributed by atoms with van der Waals surface area (Å²) < 4.78 is 12.9. The first kappa shape index (κ1) is 25.2. The predicted molar refractivity (Wildman–Crippen MR) is 128 cm³/mol. The Bertz CT molecular complexity index is 748. The Morgan fingerprint density at radius 3 is 2.76 bits per heavy atom. The molecule has 0 saturated carbocycles. The standard InChI is InChI=1S/C21H33N5O2.HI/c1-5-22-21(23-10-9-18-14-25-26(3)16-18)24-15-19-8-7-17(2)13-20(19)28-12-6-11-27-4;/h7-8,13-14,16H,5-6,9-12,15H2,1-4H3,(H2,22,23,24);1H. The number of nitrogens with one attached hydrogen (secondary N) is 2. The van der Waals surface area contributed by atoms with Crippen LogP contribution in [0.2, 0.25) is 0 Å². The molecule has 0 fully saturated rings. The summed E-state index contributed by atoms with van der Waals surface area (Å²) in [6.07, 6.45) is 5.69. The third kappa shape index (κ3) is 9.49. The predicted octanol–water partition coefficient (Wildman–Crippen LogP) is 3.06. The Balaban J connectivity index is 0.00000420. The Labute approximate surface area is 191 Å². The molecule has 1 heterocycles. The molecular formula is C21H34IN5O2. The van der Waals surface area contributed by atoms with Crippen molar-refractivity contribution in [2.75, 3.05) is 33.4 Å². The molecule has 2 rings (SSSR count). The van der Waals surface area contributed by atoms with E-state index in [1.54, 1.807) is 7.11 Å². The van der Waals surface area contributed by atoms with E-state index in [4.69, 9.17) is 14.5 Å². The Hall–Kier alpha value is -1.81. The average molecular weight is 515 g/mol. The smallest absolute Gasteiger partial charge is 0.191 e. The number of hydrogen-bond acceptors (Lipinski definition) is 4. The molecule has 0 amide bonds. The van der Waals surface area contributed by atoms with Gasteiger partial charge >= 0.3 is 0 Å². The largest absolute Gasteiger partial charge is 0.493 e. The highest BCUT2D eigenvalue weighted by molar-refractivity contribution is 14.0. The molecule has 0 aliphatic carbocycles. The monoisotopic (exact) mass is 515 g/mol. The number of aliphatic imine (C=N–C) groups is 1. The zero-order valence-electron chi connectivity index (χ0n) is 17.9. The summed E-state index contributed by atoms with van der Waals surface area (Å²) >= 11 is 0. The van der Waals surface area contributed by atoms with Crippen molar-refractivity contribution in [3.05, 3.63) is 47.3 Å². The van der Waals surface area contributed by atoms with Crippen molar-refractivity contribution >= 4 is 29.9 Å². The van der Waals surface area contributed by atoms with Crippen LogP contribution >= 0.6 is 24.0 Å². The maximum Gasteiger partial charge on any atom is 0.191 e. The molecule has 0 aliphatic rings. The number of aromatic nitrogens is 2. The molecule has 0 spiro atoms. The van der Waals surface area contributed by atoms with Gasteiger partial charge in [0.05, 0.1) is 19.3 Å². The maximum atomic E-state index is 5.95. The Kier molecular flexibility index (Phi) is 12.4. The molecule has 29 heavy (non-hydrogen) atoms. The second kappa shape index (κ2) is 14.2. The van der Waals surface area contributed by atoms with Crippen LogP contribution < -0.4 is 15.4 Å². The molecular weight excluding hydrogens is 481 g/mol. The number of ether oxygens (including phenoxy) is 2. The molecule has 0 saturated heterocycles. The van der Waals surface area contributed by atoms with Crippen LogP contribution in [0.15, 0.2) is 35.6 Å². The molecule has 1 aromatic heterocycles. The van der Waals surface area contributed by atoms with E-state index in [-0.39, 0.29) is 24.0 Å². The van der Waals surface area contributed by atoms with Crippen molar-refractivity contribution in [2.24, 2.45) is 12.0 Å². The minimum Gasteiger partial charge on any atom is -0.493 e. The molecule has 8 heteroatoms. The number of halogens is 1. The van der Waals surface area contributed by atoms with Gasteiger partial charge in [-0.3, -0.25) is 4.68 Å². The zero-order valence-corrected chi connectivity index (χ0v) is 20.2. The van der Waals surface area contributed by atoms with E-state index >= 15 is 0 Å². The maximum absolute atomic E-state index is 5.95. The molecule has 1 aromatic carbocycles. The van der Waals surface area contributed by atoms with Gasteiger partial charge in [-0.25, -0.2) is 4.99 Å². The van der Waals surface area contributed by atoms with E-state index < -0.39 is 0 Å². The second-order valence-electron chi connectivity index (χ2n) is 6.70. The summed E-state index contributed by atoms with van der Waals surface area (Å²) in [5.41, 5.74) is 3.46. The Morgan fingerprint density at radius 1 is 1.24 bits per heavy atom. The summed E-state index contributed by atoms with van der Waals surface area (Å²) in [5.74, 6) is 1.70. The van der Waals surface area contributed by atoms with E-state index in [1.165, 1.54) is 11.1 Å². The van der Waals surface area contributed by atoms with Crippen LogP contribution in [-0.4, -0.2) is 49.2 Å². The van der Waals surface area contributed by atoms with Gasteiger partial charge in [-0.2, -0.15) is 5.10 Å². The topological polar surface area (TPSA) is 72.7 Å². The lowest BCUT2D eigenvalue weighted by molar-refractivity contribution is 0.172. The number of methoxy groups -OCH3 is 1. The van der Waals surface area contributed by atoms with Gasteiger partial charge in [-0.1, -0.05) is 12.1 Å². The zero-order chi connectivity index (χ0) is 20.2. The fraction of sp³-hybridized carbons (Fsp3) is 0.524. The van der Waals surface area contributed by atoms with Crippen molar-refractivity contribution in [3.8, 4) is 5.75 Å². The summed E-state index contributed by atoms with van der Waals surface area (Å²) in [6.45, 7) is 7.64. The number of benzene rings is 1. The Morgan fingerprint density at radius 2 is 2.07 bits per heavy atom. The highest BCUT2D eigenvalue weighted by Crippen LogP contribution is 2.21. The molecule has 0 unspecified atom stereocenters. The van der Waals surface area contributed by atoms with Crippen LogP contribution in [0, 0.1) is 6.92 Å². The minimum atomic E-state index is 0. The first-order chi connectivity index (χ1) is 13.6. The van der Waals surface area contributed by atoms with Crippen molar-refractivity contribution in [3.63, 3.8) is 0 Å². The minimum absolute atomic E-state index is 0. The first-order valence-electron chi connectivity index (χ1n) is 9.83. The molecule has 0 bridgehead atoms. The number of aryl methyl sites for hydroxylation is 2.